The van der Waals surface area contributed by atoms with E-state index in [1.165, 1.54) is 11.4 Å². The predicted octanol–water partition coefficient (Wildman–Crippen LogP) is 3.36. The van der Waals surface area contributed by atoms with Gasteiger partial charge in [-0.2, -0.15) is 0 Å². The summed E-state index contributed by atoms with van der Waals surface area (Å²) in [4.78, 5) is 0. The summed E-state index contributed by atoms with van der Waals surface area (Å²) in [5.74, 6) is 0.956. The number of nitrogens with zero attached hydrogens (tertiary/aromatic N) is 1. The first-order chi connectivity index (χ1) is 9.43. The van der Waals surface area contributed by atoms with Gasteiger partial charge in [0.25, 0.3) is 0 Å². The van der Waals surface area contributed by atoms with Crippen molar-refractivity contribution >= 4 is 0 Å². The third kappa shape index (κ3) is 2.77. The Balaban J connectivity index is 1.67. The number of hydrogen-bond acceptors (Lipinski definition) is 2. The molecule has 2 aromatic heterocycles. The first-order valence-electron chi connectivity index (χ1n) is 6.38. The molecule has 0 aliphatic heterocycles. The Kier molecular flexibility index (Phi) is 3.47. The Morgan fingerprint density at radius 2 is 1.79 bits per heavy atom. The number of benzene rings is 1. The van der Waals surface area contributed by atoms with Gasteiger partial charge in [0.2, 0.25) is 0 Å². The molecule has 0 spiro atoms. The molecule has 0 saturated heterocycles. The fourth-order valence-corrected chi connectivity index (χ4v) is 2.13. The van der Waals surface area contributed by atoms with Crippen molar-refractivity contribution < 1.29 is 4.42 Å². The molecule has 2 heterocycles. The second-order valence-electron chi connectivity index (χ2n) is 4.39. The lowest BCUT2D eigenvalue weighted by molar-refractivity contribution is 0.481. The van der Waals surface area contributed by atoms with Crippen LogP contribution in [-0.2, 0) is 13.1 Å². The molecule has 0 atom stereocenters. The van der Waals surface area contributed by atoms with Gasteiger partial charge in [0.15, 0.2) is 0 Å². The van der Waals surface area contributed by atoms with Gasteiger partial charge in [0.1, 0.15) is 5.76 Å². The summed E-state index contributed by atoms with van der Waals surface area (Å²) in [5.41, 5.74) is 2.42. The first-order valence-corrected chi connectivity index (χ1v) is 6.38. The van der Waals surface area contributed by atoms with Crippen molar-refractivity contribution in [3.05, 3.63) is 78.5 Å². The standard InChI is InChI=1S/C16H16N2O/c1-2-6-14(7-3-1)18-10-4-8-15(18)12-17-13-16-9-5-11-19-16/h1-11,17H,12-13H2. The quantitative estimate of drug-likeness (QED) is 0.754. The minimum absolute atomic E-state index is 0.743. The van der Waals surface area contributed by atoms with E-state index >= 15 is 0 Å². The van der Waals surface area contributed by atoms with Crippen LogP contribution >= 0.6 is 0 Å². The molecule has 1 N–H and O–H groups in total. The van der Waals surface area contributed by atoms with Crippen LogP contribution in [0.15, 0.2) is 71.5 Å². The molecule has 3 heteroatoms. The second-order valence-corrected chi connectivity index (χ2v) is 4.39. The minimum atomic E-state index is 0.743. The van der Waals surface area contributed by atoms with Gasteiger partial charge in [-0.05, 0) is 36.4 Å². The molecule has 0 bridgehead atoms. The van der Waals surface area contributed by atoms with E-state index in [-0.39, 0.29) is 0 Å². The number of furan rings is 1. The fraction of sp³-hybridized carbons (Fsp3) is 0.125. The molecule has 3 rings (SSSR count). The lowest BCUT2D eigenvalue weighted by Gasteiger charge is -2.09. The van der Waals surface area contributed by atoms with E-state index in [0.29, 0.717) is 0 Å². The molecule has 0 unspecified atom stereocenters. The van der Waals surface area contributed by atoms with Crippen molar-refractivity contribution in [1.82, 2.24) is 9.88 Å². The molecule has 3 aromatic rings. The van der Waals surface area contributed by atoms with Gasteiger partial charge in [0, 0.05) is 24.1 Å². The highest BCUT2D eigenvalue weighted by atomic mass is 16.3. The zero-order chi connectivity index (χ0) is 12.9. The van der Waals surface area contributed by atoms with Gasteiger partial charge >= 0.3 is 0 Å². The van der Waals surface area contributed by atoms with Gasteiger partial charge in [-0.3, -0.25) is 0 Å². The van der Waals surface area contributed by atoms with Crippen LogP contribution in [0.4, 0.5) is 0 Å². The van der Waals surface area contributed by atoms with E-state index in [9.17, 15) is 0 Å². The summed E-state index contributed by atoms with van der Waals surface area (Å²) in [6.45, 7) is 1.55. The Hall–Kier alpha value is -2.26. The molecule has 0 fully saturated rings. The maximum atomic E-state index is 5.30. The van der Waals surface area contributed by atoms with Crippen LogP contribution in [0.2, 0.25) is 0 Å². The van der Waals surface area contributed by atoms with Crippen LogP contribution in [0.3, 0.4) is 0 Å². The zero-order valence-electron chi connectivity index (χ0n) is 10.6. The van der Waals surface area contributed by atoms with E-state index < -0.39 is 0 Å². The smallest absolute Gasteiger partial charge is 0.117 e. The third-order valence-corrected chi connectivity index (χ3v) is 3.05. The SMILES string of the molecule is c1ccc(-n2cccc2CNCc2ccco2)cc1. The van der Waals surface area contributed by atoms with E-state index in [0.717, 1.165) is 18.8 Å². The van der Waals surface area contributed by atoms with Crippen LogP contribution in [0.5, 0.6) is 0 Å². The monoisotopic (exact) mass is 252 g/mol. The van der Waals surface area contributed by atoms with E-state index in [4.69, 9.17) is 4.42 Å². The molecular formula is C16H16N2O. The van der Waals surface area contributed by atoms with Crippen LogP contribution in [0.25, 0.3) is 5.69 Å². The molecule has 0 radical (unpaired) electrons. The molecule has 19 heavy (non-hydrogen) atoms. The van der Waals surface area contributed by atoms with Crippen molar-refractivity contribution in [1.29, 1.82) is 0 Å². The topological polar surface area (TPSA) is 30.1 Å². The number of rotatable bonds is 5. The Labute approximate surface area is 112 Å². The molecule has 96 valence electrons. The van der Waals surface area contributed by atoms with Gasteiger partial charge in [-0.15, -0.1) is 0 Å². The third-order valence-electron chi connectivity index (χ3n) is 3.05. The van der Waals surface area contributed by atoms with Gasteiger partial charge in [0.05, 0.1) is 12.8 Å². The van der Waals surface area contributed by atoms with Crippen molar-refractivity contribution in [2.24, 2.45) is 0 Å². The van der Waals surface area contributed by atoms with E-state index in [1.807, 2.05) is 18.2 Å². The summed E-state index contributed by atoms with van der Waals surface area (Å²) < 4.78 is 7.49. The molecule has 3 nitrogen and oxygen atoms in total. The average molecular weight is 252 g/mol. The van der Waals surface area contributed by atoms with Crippen LogP contribution in [0, 0.1) is 0 Å². The highest BCUT2D eigenvalue weighted by Crippen LogP contribution is 2.12. The van der Waals surface area contributed by atoms with Crippen LogP contribution in [-0.4, -0.2) is 4.57 Å². The molecule has 1 aromatic carbocycles. The van der Waals surface area contributed by atoms with Gasteiger partial charge < -0.3 is 14.3 Å². The number of aromatic nitrogens is 1. The second kappa shape index (κ2) is 5.59. The van der Waals surface area contributed by atoms with Crippen LogP contribution in [0.1, 0.15) is 11.5 Å². The lowest BCUT2D eigenvalue weighted by atomic mass is 10.3. The molecule has 0 saturated carbocycles. The number of nitrogens with one attached hydrogen (secondary N) is 1. The van der Waals surface area contributed by atoms with Crippen molar-refractivity contribution in [2.75, 3.05) is 0 Å². The largest absolute Gasteiger partial charge is 0.468 e. The van der Waals surface area contributed by atoms with E-state index in [2.05, 4.69) is 52.5 Å². The normalized spacial score (nSPS) is 10.7. The minimum Gasteiger partial charge on any atom is -0.468 e. The Morgan fingerprint density at radius 3 is 2.58 bits per heavy atom. The molecule has 0 amide bonds. The zero-order valence-corrected chi connectivity index (χ0v) is 10.6. The Morgan fingerprint density at radius 1 is 0.895 bits per heavy atom. The van der Waals surface area contributed by atoms with Crippen molar-refractivity contribution in [3.8, 4) is 5.69 Å². The maximum absolute atomic E-state index is 5.30. The highest BCUT2D eigenvalue weighted by Gasteiger charge is 2.03. The van der Waals surface area contributed by atoms with E-state index in [1.54, 1.807) is 6.26 Å². The maximum Gasteiger partial charge on any atom is 0.117 e. The Bertz CT molecular complexity index is 611. The van der Waals surface area contributed by atoms with Gasteiger partial charge in [-0.1, -0.05) is 18.2 Å². The summed E-state index contributed by atoms with van der Waals surface area (Å²) in [5, 5.41) is 3.39. The van der Waals surface area contributed by atoms with Crippen LogP contribution < -0.4 is 5.32 Å². The summed E-state index contributed by atoms with van der Waals surface area (Å²) in [7, 11) is 0. The summed E-state index contributed by atoms with van der Waals surface area (Å²) in [6.07, 6.45) is 3.78. The van der Waals surface area contributed by atoms with Crippen molar-refractivity contribution in [2.45, 2.75) is 13.1 Å². The predicted molar refractivity (Wildman–Crippen MR) is 75.0 cm³/mol. The average Bonchev–Trinajstić information content (AvgIpc) is 3.11. The fourth-order valence-electron chi connectivity index (χ4n) is 2.13. The molecule has 0 aliphatic rings. The number of hydrogen-bond donors (Lipinski definition) is 1. The number of para-hydroxylation sites is 1. The molecular weight excluding hydrogens is 236 g/mol. The highest BCUT2D eigenvalue weighted by molar-refractivity contribution is 5.34. The summed E-state index contributed by atoms with van der Waals surface area (Å²) >= 11 is 0. The lowest BCUT2D eigenvalue weighted by Crippen LogP contribution is -2.14. The first kappa shape index (κ1) is 11.8. The summed E-state index contributed by atoms with van der Waals surface area (Å²) in [6, 6.07) is 18.4. The van der Waals surface area contributed by atoms with Gasteiger partial charge in [-0.25, -0.2) is 0 Å². The van der Waals surface area contributed by atoms with Crippen molar-refractivity contribution in [3.63, 3.8) is 0 Å². The molecule has 0 aliphatic carbocycles.